The molecule has 9 nitrogen and oxygen atoms in total. The van der Waals surface area contributed by atoms with Crippen molar-refractivity contribution in [3.05, 3.63) is 90.6 Å². The lowest BCUT2D eigenvalue weighted by Crippen LogP contribution is -2.39. The summed E-state index contributed by atoms with van der Waals surface area (Å²) >= 11 is 1.24. The van der Waals surface area contributed by atoms with E-state index >= 15 is 0 Å². The minimum atomic E-state index is -0.697. The lowest BCUT2D eigenvalue weighted by Gasteiger charge is -2.24. The highest BCUT2D eigenvalue weighted by Crippen LogP contribution is 2.31. The zero-order valence-corrected chi connectivity index (χ0v) is 22.4. The number of hydrogen-bond donors (Lipinski definition) is 0. The highest BCUT2D eigenvalue weighted by Gasteiger charge is 2.33. The zero-order valence-electron chi connectivity index (χ0n) is 21.6. The molecule has 2 heterocycles. The second-order valence-electron chi connectivity index (χ2n) is 8.24. The van der Waals surface area contributed by atoms with E-state index < -0.39 is 18.0 Å². The summed E-state index contributed by atoms with van der Waals surface area (Å²) in [5.41, 5.74) is 2.05. The number of benzene rings is 2. The molecule has 1 aliphatic heterocycles. The van der Waals surface area contributed by atoms with E-state index in [1.54, 1.807) is 70.4 Å². The molecule has 10 heteroatoms. The van der Waals surface area contributed by atoms with Gasteiger partial charge in [0.1, 0.15) is 11.5 Å². The van der Waals surface area contributed by atoms with Crippen LogP contribution in [0.25, 0.3) is 6.08 Å². The van der Waals surface area contributed by atoms with Gasteiger partial charge in [0, 0.05) is 0 Å². The third-order valence-electron chi connectivity index (χ3n) is 5.79. The van der Waals surface area contributed by atoms with Crippen LogP contribution in [0.4, 0.5) is 0 Å². The number of thiazole rings is 1. The first kappa shape index (κ1) is 26.9. The first-order valence-corrected chi connectivity index (χ1v) is 12.9. The number of nitrogens with zero attached hydrogens (tertiary/aromatic N) is 2. The van der Waals surface area contributed by atoms with Crippen LogP contribution < -0.4 is 24.4 Å². The first-order valence-electron chi connectivity index (χ1n) is 12.1. The number of allylic oxidation sites excluding steroid dienone is 1. The fourth-order valence-corrected chi connectivity index (χ4v) is 5.10. The van der Waals surface area contributed by atoms with E-state index in [2.05, 4.69) is 4.99 Å². The van der Waals surface area contributed by atoms with Gasteiger partial charge < -0.3 is 18.9 Å². The zero-order chi connectivity index (χ0) is 27.2. The summed E-state index contributed by atoms with van der Waals surface area (Å²) < 4.78 is 22.9. The van der Waals surface area contributed by atoms with Crippen LogP contribution in [0.3, 0.4) is 0 Å². The number of carbonyl (C=O) groups excluding carboxylic acids is 2. The van der Waals surface area contributed by atoms with Crippen molar-refractivity contribution in [3.8, 4) is 11.5 Å². The fraction of sp³-hybridized carbons (Fsp3) is 0.286. The van der Waals surface area contributed by atoms with E-state index in [-0.39, 0.29) is 18.8 Å². The monoisotopic (exact) mass is 536 g/mol. The molecule has 4 rings (SSSR count). The molecule has 0 amide bonds. The summed E-state index contributed by atoms with van der Waals surface area (Å²) in [4.78, 5) is 43.2. The topological polar surface area (TPSA) is 105 Å². The van der Waals surface area contributed by atoms with E-state index in [0.717, 1.165) is 11.1 Å². The predicted octanol–water partition coefficient (Wildman–Crippen LogP) is 2.75. The van der Waals surface area contributed by atoms with Crippen molar-refractivity contribution in [1.82, 2.24) is 4.57 Å². The molecule has 0 bridgehead atoms. The largest absolute Gasteiger partial charge is 0.497 e. The number of esters is 2. The number of carbonyl (C=O) groups is 2. The van der Waals surface area contributed by atoms with E-state index in [9.17, 15) is 14.4 Å². The van der Waals surface area contributed by atoms with Crippen molar-refractivity contribution >= 4 is 29.4 Å². The average molecular weight is 537 g/mol. The minimum Gasteiger partial charge on any atom is -0.497 e. The van der Waals surface area contributed by atoms with Crippen LogP contribution in [0.5, 0.6) is 11.5 Å². The molecule has 0 aliphatic carbocycles. The Kier molecular flexibility index (Phi) is 8.42. The molecule has 0 spiro atoms. The Morgan fingerprint density at radius 1 is 1.00 bits per heavy atom. The summed E-state index contributed by atoms with van der Waals surface area (Å²) in [6.45, 7) is 5.52. The predicted molar refractivity (Wildman–Crippen MR) is 142 cm³/mol. The third-order valence-corrected chi connectivity index (χ3v) is 6.77. The van der Waals surface area contributed by atoms with Crippen LogP contribution in [0.15, 0.2) is 69.6 Å². The van der Waals surface area contributed by atoms with Crippen molar-refractivity contribution in [2.75, 3.05) is 26.9 Å². The molecular formula is C28H28N2O7S. The molecule has 0 N–H and O–H groups in total. The number of fused-ring (bicyclic) bond motifs is 1. The number of ether oxygens (including phenoxy) is 4. The van der Waals surface area contributed by atoms with E-state index in [1.807, 2.05) is 12.1 Å². The molecule has 0 saturated carbocycles. The second-order valence-corrected chi connectivity index (χ2v) is 9.25. The highest BCUT2D eigenvalue weighted by molar-refractivity contribution is 7.07. The molecule has 0 saturated heterocycles. The van der Waals surface area contributed by atoms with Crippen LogP contribution in [0.1, 0.15) is 37.9 Å². The van der Waals surface area contributed by atoms with Crippen molar-refractivity contribution in [2.45, 2.75) is 26.8 Å². The molecule has 0 fully saturated rings. The minimum absolute atomic E-state index is 0.181. The molecule has 198 valence electrons. The Labute approximate surface area is 223 Å². The highest BCUT2D eigenvalue weighted by atomic mass is 32.1. The van der Waals surface area contributed by atoms with Crippen LogP contribution in [-0.2, 0) is 19.1 Å². The van der Waals surface area contributed by atoms with Gasteiger partial charge in [0.2, 0.25) is 0 Å². The van der Waals surface area contributed by atoms with E-state index in [0.29, 0.717) is 38.7 Å². The van der Waals surface area contributed by atoms with Gasteiger partial charge in [-0.05, 0) is 62.2 Å². The van der Waals surface area contributed by atoms with Crippen LogP contribution in [0, 0.1) is 0 Å². The summed E-state index contributed by atoms with van der Waals surface area (Å²) in [7, 11) is 1.57. The Bertz CT molecular complexity index is 1530. The molecule has 0 unspecified atom stereocenters. The van der Waals surface area contributed by atoms with E-state index in [1.165, 1.54) is 15.9 Å². The van der Waals surface area contributed by atoms with Gasteiger partial charge in [-0.2, -0.15) is 0 Å². The van der Waals surface area contributed by atoms with Gasteiger partial charge in [-0.25, -0.2) is 14.6 Å². The molecule has 1 atom stereocenters. The SMILES string of the molecule is CCOC(=O)COc1ccc(/C=c2\sc3n(c2=O)[C@H](c2ccc(OC)cc2)C(C(=O)OCC)=C(C)N=3)cc1. The van der Waals surface area contributed by atoms with Gasteiger partial charge in [0.15, 0.2) is 11.4 Å². The maximum atomic E-state index is 13.7. The maximum Gasteiger partial charge on any atom is 0.344 e. The number of hydrogen-bond acceptors (Lipinski definition) is 9. The lowest BCUT2D eigenvalue weighted by atomic mass is 9.96. The summed E-state index contributed by atoms with van der Waals surface area (Å²) in [5.74, 6) is 0.212. The second kappa shape index (κ2) is 11.9. The van der Waals surface area contributed by atoms with Gasteiger partial charge >= 0.3 is 11.9 Å². The summed E-state index contributed by atoms with van der Waals surface area (Å²) in [6, 6.07) is 13.5. The summed E-state index contributed by atoms with van der Waals surface area (Å²) in [6.07, 6.45) is 1.76. The number of methoxy groups -OCH3 is 1. The van der Waals surface area contributed by atoms with Crippen molar-refractivity contribution < 1.29 is 28.5 Å². The Hall–Kier alpha value is -4.18. The van der Waals surface area contributed by atoms with Gasteiger partial charge in [0.25, 0.3) is 5.56 Å². The Balaban J connectivity index is 1.73. The molecular weight excluding hydrogens is 508 g/mol. The van der Waals surface area contributed by atoms with Crippen molar-refractivity contribution in [3.63, 3.8) is 0 Å². The average Bonchev–Trinajstić information content (AvgIpc) is 3.21. The molecule has 0 radical (unpaired) electrons. The quantitative estimate of drug-likeness (QED) is 0.387. The standard InChI is InChI=1S/C28H28N2O7S/c1-5-35-23(31)16-37-21-11-7-18(8-12-21)15-22-26(32)30-25(19-9-13-20(34-4)14-10-19)24(27(33)36-6-2)17(3)29-28(30)38-22/h7-15,25H,5-6,16H2,1-4H3/b22-15-/t25-/m1/s1. The maximum absolute atomic E-state index is 13.7. The molecule has 1 aromatic heterocycles. The number of rotatable bonds is 9. The molecule has 2 aromatic carbocycles. The Morgan fingerprint density at radius 3 is 2.29 bits per heavy atom. The molecule has 38 heavy (non-hydrogen) atoms. The lowest BCUT2D eigenvalue weighted by molar-refractivity contribution is -0.145. The first-order chi connectivity index (χ1) is 18.4. The van der Waals surface area contributed by atoms with Crippen LogP contribution >= 0.6 is 11.3 Å². The normalized spacial score (nSPS) is 14.9. The van der Waals surface area contributed by atoms with Crippen molar-refractivity contribution in [2.24, 2.45) is 4.99 Å². The van der Waals surface area contributed by atoms with Crippen LogP contribution in [0.2, 0.25) is 0 Å². The smallest absolute Gasteiger partial charge is 0.344 e. The number of aromatic nitrogens is 1. The molecule has 3 aromatic rings. The van der Waals surface area contributed by atoms with E-state index in [4.69, 9.17) is 18.9 Å². The van der Waals surface area contributed by atoms with Gasteiger partial charge in [-0.3, -0.25) is 9.36 Å². The van der Waals surface area contributed by atoms with Crippen LogP contribution in [-0.4, -0.2) is 43.4 Å². The fourth-order valence-electron chi connectivity index (χ4n) is 4.05. The van der Waals surface area contributed by atoms with Crippen molar-refractivity contribution in [1.29, 1.82) is 0 Å². The molecule has 1 aliphatic rings. The van der Waals surface area contributed by atoms with Gasteiger partial charge in [-0.1, -0.05) is 35.6 Å². The summed E-state index contributed by atoms with van der Waals surface area (Å²) in [5, 5.41) is 0. The van der Waals surface area contributed by atoms with Gasteiger partial charge in [-0.15, -0.1) is 0 Å². The van der Waals surface area contributed by atoms with Gasteiger partial charge in [0.05, 0.1) is 42.2 Å². The third kappa shape index (κ3) is 5.70. The Morgan fingerprint density at radius 2 is 1.66 bits per heavy atom.